The van der Waals surface area contributed by atoms with Gasteiger partial charge in [0.1, 0.15) is 0 Å². The Morgan fingerprint density at radius 3 is 2.32 bits per heavy atom. The number of amides is 2. The van der Waals surface area contributed by atoms with E-state index in [0.717, 1.165) is 18.7 Å². The smallest absolute Gasteiger partial charge is 0.279 e. The molecule has 0 unspecified atom stereocenters. The molecule has 1 aliphatic heterocycles. The molecule has 1 fully saturated rings. The molecule has 0 spiro atoms. The Morgan fingerprint density at radius 2 is 1.61 bits per heavy atom. The number of quaternary nitrogens is 1. The monoisotopic (exact) mass is 380 g/mol. The Balaban J connectivity index is 1.60. The zero-order valence-corrected chi connectivity index (χ0v) is 16.7. The Kier molecular flexibility index (Phi) is 6.82. The second-order valence-electron chi connectivity index (χ2n) is 8.04. The number of rotatable bonds is 6. The van der Waals surface area contributed by atoms with Gasteiger partial charge in [0.05, 0.1) is 24.3 Å². The SMILES string of the molecule is C[C@H]1C[C@H](C)C[NH+](CC(=O)Nc2ccccc2C(=O)NCc2ccccc2)C1. The summed E-state index contributed by atoms with van der Waals surface area (Å²) in [4.78, 5) is 26.5. The maximum Gasteiger partial charge on any atom is 0.279 e. The number of hydrogen-bond donors (Lipinski definition) is 3. The van der Waals surface area contributed by atoms with E-state index >= 15 is 0 Å². The zero-order chi connectivity index (χ0) is 19.9. The average molecular weight is 381 g/mol. The van der Waals surface area contributed by atoms with Crippen LogP contribution in [-0.2, 0) is 11.3 Å². The van der Waals surface area contributed by atoms with Crippen LogP contribution in [0.4, 0.5) is 5.69 Å². The average Bonchev–Trinajstić information content (AvgIpc) is 2.66. The van der Waals surface area contributed by atoms with E-state index in [-0.39, 0.29) is 11.8 Å². The molecule has 1 heterocycles. The van der Waals surface area contributed by atoms with E-state index in [1.54, 1.807) is 12.1 Å². The highest BCUT2D eigenvalue weighted by Crippen LogP contribution is 2.15. The predicted octanol–water partition coefficient (Wildman–Crippen LogP) is 2.12. The van der Waals surface area contributed by atoms with E-state index in [0.29, 0.717) is 36.2 Å². The first-order valence-corrected chi connectivity index (χ1v) is 10.1. The molecule has 0 saturated carbocycles. The summed E-state index contributed by atoms with van der Waals surface area (Å²) in [5, 5.41) is 5.87. The van der Waals surface area contributed by atoms with Gasteiger partial charge in [-0.3, -0.25) is 9.59 Å². The maximum absolute atomic E-state index is 12.6. The third kappa shape index (κ3) is 5.67. The number of anilines is 1. The Bertz CT molecular complexity index is 797. The van der Waals surface area contributed by atoms with Crippen molar-refractivity contribution in [2.45, 2.75) is 26.8 Å². The summed E-state index contributed by atoms with van der Waals surface area (Å²) in [7, 11) is 0. The molecule has 2 aromatic rings. The lowest BCUT2D eigenvalue weighted by atomic mass is 9.92. The largest absolute Gasteiger partial charge is 0.348 e. The van der Waals surface area contributed by atoms with Gasteiger partial charge in [-0.1, -0.05) is 56.3 Å². The van der Waals surface area contributed by atoms with Crippen LogP contribution in [0.25, 0.3) is 0 Å². The molecule has 1 aliphatic rings. The molecule has 0 aliphatic carbocycles. The van der Waals surface area contributed by atoms with E-state index in [1.807, 2.05) is 42.5 Å². The van der Waals surface area contributed by atoms with Crippen molar-refractivity contribution in [2.24, 2.45) is 11.8 Å². The van der Waals surface area contributed by atoms with Gasteiger partial charge < -0.3 is 15.5 Å². The van der Waals surface area contributed by atoms with Crippen molar-refractivity contribution < 1.29 is 14.5 Å². The highest BCUT2D eigenvalue weighted by Gasteiger charge is 2.27. The van der Waals surface area contributed by atoms with Gasteiger partial charge in [-0.05, 0) is 24.1 Å². The van der Waals surface area contributed by atoms with Crippen molar-refractivity contribution in [1.82, 2.24) is 5.32 Å². The number of carbonyl (C=O) groups excluding carboxylic acids is 2. The molecule has 5 nitrogen and oxygen atoms in total. The lowest BCUT2D eigenvalue weighted by molar-refractivity contribution is -0.904. The maximum atomic E-state index is 12.6. The number of hydrogen-bond acceptors (Lipinski definition) is 2. The number of nitrogens with one attached hydrogen (secondary N) is 3. The van der Waals surface area contributed by atoms with Crippen molar-refractivity contribution in [2.75, 3.05) is 25.0 Å². The number of piperidine rings is 1. The Morgan fingerprint density at radius 1 is 0.964 bits per heavy atom. The number of likely N-dealkylation sites (tertiary alicyclic amines) is 1. The second-order valence-corrected chi connectivity index (χ2v) is 8.04. The summed E-state index contributed by atoms with van der Waals surface area (Å²) in [6.45, 7) is 7.44. The van der Waals surface area contributed by atoms with Gasteiger partial charge in [0.2, 0.25) is 0 Å². The highest BCUT2D eigenvalue weighted by molar-refractivity contribution is 6.03. The first-order chi connectivity index (χ1) is 13.5. The van der Waals surface area contributed by atoms with E-state index in [4.69, 9.17) is 0 Å². The molecule has 2 atom stereocenters. The molecular formula is C23H30N3O2+. The van der Waals surface area contributed by atoms with Crippen LogP contribution in [0, 0.1) is 11.8 Å². The van der Waals surface area contributed by atoms with Crippen LogP contribution >= 0.6 is 0 Å². The molecule has 2 amide bonds. The molecular weight excluding hydrogens is 350 g/mol. The summed E-state index contributed by atoms with van der Waals surface area (Å²) in [6, 6.07) is 16.9. The fourth-order valence-corrected chi connectivity index (χ4v) is 4.15. The van der Waals surface area contributed by atoms with Crippen molar-refractivity contribution in [3.63, 3.8) is 0 Å². The van der Waals surface area contributed by atoms with Gasteiger partial charge in [-0.2, -0.15) is 0 Å². The van der Waals surface area contributed by atoms with Crippen LogP contribution < -0.4 is 15.5 Å². The van der Waals surface area contributed by atoms with Gasteiger partial charge in [0.25, 0.3) is 11.8 Å². The summed E-state index contributed by atoms with van der Waals surface area (Å²) in [5.41, 5.74) is 2.09. The zero-order valence-electron chi connectivity index (χ0n) is 16.7. The number of benzene rings is 2. The normalized spacial score (nSPS) is 21.7. The van der Waals surface area contributed by atoms with Gasteiger partial charge in [0.15, 0.2) is 6.54 Å². The molecule has 2 aromatic carbocycles. The fourth-order valence-electron chi connectivity index (χ4n) is 4.15. The lowest BCUT2D eigenvalue weighted by Crippen LogP contribution is -3.15. The number of carbonyl (C=O) groups is 2. The van der Waals surface area contributed by atoms with Crippen LogP contribution in [0.5, 0.6) is 0 Å². The van der Waals surface area contributed by atoms with Crippen LogP contribution in [0.1, 0.15) is 36.2 Å². The van der Waals surface area contributed by atoms with Crippen molar-refractivity contribution in [1.29, 1.82) is 0 Å². The third-order valence-electron chi connectivity index (χ3n) is 5.23. The van der Waals surface area contributed by atoms with E-state index in [9.17, 15) is 9.59 Å². The van der Waals surface area contributed by atoms with Crippen molar-refractivity contribution >= 4 is 17.5 Å². The first-order valence-electron chi connectivity index (χ1n) is 10.1. The molecule has 3 rings (SSSR count). The lowest BCUT2D eigenvalue weighted by Gasteiger charge is -2.31. The molecule has 0 aromatic heterocycles. The van der Waals surface area contributed by atoms with Gasteiger partial charge in [-0.25, -0.2) is 0 Å². The molecule has 28 heavy (non-hydrogen) atoms. The molecule has 1 saturated heterocycles. The second kappa shape index (κ2) is 9.51. The van der Waals surface area contributed by atoms with Crippen molar-refractivity contribution in [3.8, 4) is 0 Å². The van der Waals surface area contributed by atoms with Gasteiger partial charge in [-0.15, -0.1) is 0 Å². The minimum Gasteiger partial charge on any atom is -0.348 e. The van der Waals surface area contributed by atoms with E-state index in [2.05, 4.69) is 24.5 Å². The molecule has 0 radical (unpaired) electrons. The highest BCUT2D eigenvalue weighted by atomic mass is 16.2. The summed E-state index contributed by atoms with van der Waals surface area (Å²) < 4.78 is 0. The summed E-state index contributed by atoms with van der Waals surface area (Å²) >= 11 is 0. The van der Waals surface area contributed by atoms with Gasteiger partial charge in [0, 0.05) is 18.4 Å². The number of para-hydroxylation sites is 1. The van der Waals surface area contributed by atoms with Crippen LogP contribution in [0.15, 0.2) is 54.6 Å². The van der Waals surface area contributed by atoms with Crippen LogP contribution in [0.3, 0.4) is 0 Å². The Hall–Kier alpha value is -2.66. The van der Waals surface area contributed by atoms with Crippen LogP contribution in [0.2, 0.25) is 0 Å². The fraction of sp³-hybridized carbons (Fsp3) is 0.391. The Labute approximate surface area is 167 Å². The molecule has 5 heteroatoms. The molecule has 3 N–H and O–H groups in total. The van der Waals surface area contributed by atoms with Crippen LogP contribution in [-0.4, -0.2) is 31.4 Å². The minimum atomic E-state index is -0.188. The van der Waals surface area contributed by atoms with Gasteiger partial charge >= 0.3 is 0 Å². The van der Waals surface area contributed by atoms with Crippen molar-refractivity contribution in [3.05, 3.63) is 65.7 Å². The quantitative estimate of drug-likeness (QED) is 0.719. The summed E-state index contributed by atoms with van der Waals surface area (Å²) in [5.74, 6) is 1.05. The third-order valence-corrected chi connectivity index (χ3v) is 5.23. The molecule has 148 valence electrons. The topological polar surface area (TPSA) is 62.6 Å². The van der Waals surface area contributed by atoms with E-state index < -0.39 is 0 Å². The molecule has 0 bridgehead atoms. The minimum absolute atomic E-state index is 0.0420. The standard InChI is InChI=1S/C23H29N3O2/c1-17-12-18(2)15-26(14-17)16-22(27)25-21-11-7-6-10-20(21)23(28)24-13-19-8-4-3-5-9-19/h3-11,17-18H,12-16H2,1-2H3,(H,24,28)(H,25,27)/p+1/t17-,18-/m0/s1. The first kappa shape index (κ1) is 20.1. The summed E-state index contributed by atoms with van der Waals surface area (Å²) in [6.07, 6.45) is 1.23. The van der Waals surface area contributed by atoms with E-state index in [1.165, 1.54) is 11.3 Å². The predicted molar refractivity (Wildman–Crippen MR) is 111 cm³/mol.